The molecule has 3 fully saturated rings. The van der Waals surface area contributed by atoms with E-state index < -0.39 is 0 Å². The van der Waals surface area contributed by atoms with Crippen LogP contribution in [0.5, 0.6) is 6.01 Å². The molecule has 3 saturated heterocycles. The van der Waals surface area contributed by atoms with Crippen molar-refractivity contribution in [3.63, 3.8) is 0 Å². The number of carbonyl (C=O) groups excluding carboxylic acids is 1. The minimum atomic E-state index is -0.258. The van der Waals surface area contributed by atoms with Crippen LogP contribution >= 0.6 is 11.6 Å². The number of benzene rings is 2. The summed E-state index contributed by atoms with van der Waals surface area (Å²) in [6, 6.07) is 14.8. The number of carbonyl (C=O) groups is 1. The average Bonchev–Trinajstić information content (AvgIpc) is 3.46. The van der Waals surface area contributed by atoms with Crippen LogP contribution in [0.1, 0.15) is 36.9 Å². The van der Waals surface area contributed by atoms with Crippen LogP contribution in [0.25, 0.3) is 10.8 Å². The molecule has 47 heavy (non-hydrogen) atoms. The molecule has 1 amide bonds. The van der Waals surface area contributed by atoms with Crippen LogP contribution in [0.4, 0.5) is 11.5 Å². The minimum absolute atomic E-state index is 0.00288. The van der Waals surface area contributed by atoms with Crippen molar-refractivity contribution < 1.29 is 14.3 Å². The first-order valence-corrected chi connectivity index (χ1v) is 17.2. The second-order valence-corrected chi connectivity index (χ2v) is 13.8. The highest BCUT2D eigenvalue weighted by Gasteiger charge is 2.36. The lowest BCUT2D eigenvalue weighted by atomic mass is 9.95. The summed E-state index contributed by atoms with van der Waals surface area (Å²) in [6.07, 6.45) is 3.50. The largest absolute Gasteiger partial charge is 0.462 e. The first-order chi connectivity index (χ1) is 22.9. The van der Waals surface area contributed by atoms with Crippen LogP contribution in [0, 0.1) is 17.2 Å². The van der Waals surface area contributed by atoms with E-state index in [-0.39, 0.29) is 36.8 Å². The fourth-order valence-electron chi connectivity index (χ4n) is 7.46. The molecule has 12 heteroatoms. The molecule has 7 rings (SSSR count). The quantitative estimate of drug-likeness (QED) is 0.365. The fourth-order valence-corrected chi connectivity index (χ4v) is 7.74. The van der Waals surface area contributed by atoms with Crippen LogP contribution in [0.2, 0.25) is 5.02 Å². The highest BCUT2D eigenvalue weighted by Crippen LogP contribution is 2.37. The van der Waals surface area contributed by atoms with E-state index in [0.29, 0.717) is 58.1 Å². The molecule has 4 aliphatic rings. The predicted octanol–water partition coefficient (Wildman–Crippen LogP) is 3.61. The molecule has 248 valence electrons. The van der Waals surface area contributed by atoms with E-state index in [4.69, 9.17) is 36.8 Å². The molecule has 0 saturated carbocycles. The first kappa shape index (κ1) is 31.9. The van der Waals surface area contributed by atoms with Gasteiger partial charge in [0.2, 0.25) is 5.91 Å². The number of nitrogens with two attached hydrogens (primary N) is 1. The normalized spacial score (nSPS) is 22.6. The lowest BCUT2D eigenvalue weighted by Gasteiger charge is -2.43. The maximum atomic E-state index is 13.4. The Kier molecular flexibility index (Phi) is 9.37. The summed E-state index contributed by atoms with van der Waals surface area (Å²) in [7, 11) is 2.14. The predicted molar refractivity (Wildman–Crippen MR) is 182 cm³/mol. The van der Waals surface area contributed by atoms with Gasteiger partial charge in [0.15, 0.2) is 0 Å². The molecule has 0 radical (unpaired) electrons. The molecule has 0 aliphatic carbocycles. The third kappa shape index (κ3) is 6.57. The van der Waals surface area contributed by atoms with Crippen LogP contribution < -0.4 is 20.3 Å². The van der Waals surface area contributed by atoms with Gasteiger partial charge in [0.25, 0.3) is 0 Å². The molecule has 0 unspecified atom stereocenters. The van der Waals surface area contributed by atoms with Crippen molar-refractivity contribution in [3.8, 4) is 12.1 Å². The number of rotatable bonds is 9. The Bertz CT molecular complexity index is 1660. The van der Waals surface area contributed by atoms with Crippen molar-refractivity contribution >= 4 is 39.8 Å². The third-order valence-corrected chi connectivity index (χ3v) is 10.7. The molecule has 1 aromatic heterocycles. The number of anilines is 2. The summed E-state index contributed by atoms with van der Waals surface area (Å²) in [5, 5.41) is 12.6. The van der Waals surface area contributed by atoms with Crippen LogP contribution in [-0.2, 0) is 22.5 Å². The molecule has 11 nitrogen and oxygen atoms in total. The molecule has 0 spiro atoms. The summed E-state index contributed by atoms with van der Waals surface area (Å²) in [5.41, 5.74) is 9.46. The van der Waals surface area contributed by atoms with E-state index in [1.54, 1.807) is 0 Å². The first-order valence-electron chi connectivity index (χ1n) is 16.8. The summed E-state index contributed by atoms with van der Waals surface area (Å²) >= 11 is 6.73. The van der Waals surface area contributed by atoms with Crippen molar-refractivity contribution in [2.24, 2.45) is 11.7 Å². The number of amides is 1. The van der Waals surface area contributed by atoms with Gasteiger partial charge >= 0.3 is 6.01 Å². The molecule has 4 aliphatic heterocycles. The Hall–Kier alpha value is -3.69. The number of hydrogen-bond acceptors (Lipinski definition) is 10. The van der Waals surface area contributed by atoms with Crippen LogP contribution in [0.15, 0.2) is 36.4 Å². The lowest BCUT2D eigenvalue weighted by molar-refractivity contribution is -0.135. The number of aromatic nitrogens is 2. The molecule has 3 aromatic rings. The number of ether oxygens (including phenoxy) is 2. The second kappa shape index (κ2) is 13.8. The summed E-state index contributed by atoms with van der Waals surface area (Å²) in [4.78, 5) is 32.2. The Morgan fingerprint density at radius 3 is 2.70 bits per heavy atom. The van der Waals surface area contributed by atoms with E-state index in [0.717, 1.165) is 70.9 Å². The van der Waals surface area contributed by atoms with Gasteiger partial charge < -0.3 is 34.8 Å². The zero-order valence-electron chi connectivity index (χ0n) is 27.0. The summed E-state index contributed by atoms with van der Waals surface area (Å²) < 4.78 is 11.6. The van der Waals surface area contributed by atoms with Gasteiger partial charge in [-0.3, -0.25) is 4.79 Å². The number of likely N-dealkylation sites (N-methyl/N-ethyl adjacent to an activating group) is 1. The Balaban J connectivity index is 1.16. The number of fused-ring (bicyclic) bond motifs is 2. The molecule has 2 aromatic carbocycles. The summed E-state index contributed by atoms with van der Waals surface area (Å²) in [6.45, 7) is 5.80. The number of hydrogen-bond donors (Lipinski definition) is 1. The monoisotopic (exact) mass is 658 g/mol. The Morgan fingerprint density at radius 2 is 1.96 bits per heavy atom. The van der Waals surface area contributed by atoms with Crippen LogP contribution in [-0.4, -0.2) is 103 Å². The maximum absolute atomic E-state index is 13.4. The van der Waals surface area contributed by atoms with Gasteiger partial charge in [0.05, 0.1) is 49.0 Å². The zero-order chi connectivity index (χ0) is 32.5. The number of nitrogens with zero attached hydrogens (tertiary/aromatic N) is 7. The molecule has 2 N–H and O–H groups in total. The molecule has 5 heterocycles. The topological polar surface area (TPSA) is 124 Å². The fraction of sp³-hybridized carbons (Fsp3) is 0.543. The SMILES string of the molecule is CN1CCC[C@H]1COc1nc2c(c(N3CCN(C(=O)C[C@@H](N)C4COC4)[C@@H](CC#N)C3)n1)CCN(c1cccc3cccc(Cl)c13)C2. The van der Waals surface area contributed by atoms with Gasteiger partial charge in [-0.2, -0.15) is 15.2 Å². The maximum Gasteiger partial charge on any atom is 0.318 e. The molecule has 0 bridgehead atoms. The highest BCUT2D eigenvalue weighted by atomic mass is 35.5. The smallest absolute Gasteiger partial charge is 0.318 e. The number of piperazine rings is 1. The second-order valence-electron chi connectivity index (χ2n) is 13.3. The van der Waals surface area contributed by atoms with Crippen molar-refractivity contribution in [1.29, 1.82) is 5.26 Å². The van der Waals surface area contributed by atoms with Gasteiger partial charge in [-0.15, -0.1) is 0 Å². The van der Waals surface area contributed by atoms with Crippen LogP contribution in [0.3, 0.4) is 0 Å². The van der Waals surface area contributed by atoms with Gasteiger partial charge in [-0.05, 0) is 50.4 Å². The average molecular weight is 659 g/mol. The van der Waals surface area contributed by atoms with Gasteiger partial charge in [-0.1, -0.05) is 35.9 Å². The van der Waals surface area contributed by atoms with Gasteiger partial charge in [-0.25, -0.2) is 0 Å². The van der Waals surface area contributed by atoms with E-state index in [9.17, 15) is 10.1 Å². The van der Waals surface area contributed by atoms with E-state index in [1.807, 2.05) is 17.0 Å². The van der Waals surface area contributed by atoms with Crippen molar-refractivity contribution in [2.75, 3.05) is 69.4 Å². The lowest BCUT2D eigenvalue weighted by Crippen LogP contribution is -2.57. The van der Waals surface area contributed by atoms with E-state index in [1.165, 1.54) is 0 Å². The van der Waals surface area contributed by atoms with Crippen molar-refractivity contribution in [3.05, 3.63) is 52.7 Å². The number of nitriles is 1. The van der Waals surface area contributed by atoms with Gasteiger partial charge in [0.1, 0.15) is 12.4 Å². The van der Waals surface area contributed by atoms with E-state index in [2.05, 4.69) is 52.1 Å². The summed E-state index contributed by atoms with van der Waals surface area (Å²) in [5.74, 6) is 1.07. The number of halogens is 1. The zero-order valence-corrected chi connectivity index (χ0v) is 27.7. The standard InChI is InChI=1S/C35H43ClN8O3/c1-41-13-4-7-26(41)22-47-35-39-30-19-42(31-9-3-6-23-5-2-8-28(36)33(23)31)14-11-27(30)34(40-35)43-15-16-44(25(18-43)10-12-37)32(45)17-29(38)24-20-46-21-24/h2-3,5-6,8-9,24-26,29H,4,7,10-11,13-22,38H2,1H3/t25-,26-,29+/m0/s1. The molecular weight excluding hydrogens is 616 g/mol. The van der Waals surface area contributed by atoms with Gasteiger partial charge in [0, 0.05) is 67.2 Å². The van der Waals surface area contributed by atoms with Crippen molar-refractivity contribution in [1.82, 2.24) is 19.8 Å². The third-order valence-electron chi connectivity index (χ3n) is 10.4. The number of likely N-dealkylation sites (tertiary alicyclic amines) is 1. The Morgan fingerprint density at radius 1 is 1.13 bits per heavy atom. The van der Waals surface area contributed by atoms with Crippen molar-refractivity contribution in [2.45, 2.75) is 56.8 Å². The van der Waals surface area contributed by atoms with E-state index >= 15 is 0 Å². The molecular formula is C35H43ClN8O3. The molecule has 3 atom stereocenters. The minimum Gasteiger partial charge on any atom is -0.462 e. The highest BCUT2D eigenvalue weighted by molar-refractivity contribution is 6.36. The Labute approximate surface area is 281 Å².